The van der Waals surface area contributed by atoms with Crippen molar-refractivity contribution < 1.29 is 19.1 Å². The Labute approximate surface area is 162 Å². The van der Waals surface area contributed by atoms with E-state index in [2.05, 4.69) is 5.32 Å². The lowest BCUT2D eigenvalue weighted by atomic mass is 10.1. The molecule has 1 saturated heterocycles. The predicted molar refractivity (Wildman–Crippen MR) is 103 cm³/mol. The summed E-state index contributed by atoms with van der Waals surface area (Å²) in [5.74, 6) is 0.609. The molecule has 7 heteroatoms. The first kappa shape index (κ1) is 17.7. The van der Waals surface area contributed by atoms with E-state index >= 15 is 0 Å². The monoisotopic (exact) mass is 386 g/mol. The van der Waals surface area contributed by atoms with Crippen LogP contribution in [0.2, 0.25) is 5.02 Å². The molecule has 0 radical (unpaired) electrons. The molecule has 4 rings (SSSR count). The second kappa shape index (κ2) is 7.12. The fourth-order valence-electron chi connectivity index (χ4n) is 3.40. The number of benzene rings is 2. The molecule has 27 heavy (non-hydrogen) atoms. The minimum atomic E-state index is -0.416. The van der Waals surface area contributed by atoms with E-state index < -0.39 is 5.92 Å². The van der Waals surface area contributed by atoms with E-state index in [1.54, 1.807) is 29.2 Å². The highest BCUT2D eigenvalue weighted by Crippen LogP contribution is 2.34. The van der Waals surface area contributed by atoms with E-state index in [4.69, 9.17) is 21.1 Å². The summed E-state index contributed by atoms with van der Waals surface area (Å²) >= 11 is 5.99. The zero-order valence-electron chi connectivity index (χ0n) is 14.8. The van der Waals surface area contributed by atoms with Gasteiger partial charge in [0.25, 0.3) is 0 Å². The van der Waals surface area contributed by atoms with Gasteiger partial charge in [0.05, 0.1) is 5.92 Å². The number of carbonyl (C=O) groups excluding carboxylic acids is 2. The molecule has 2 aliphatic heterocycles. The Morgan fingerprint density at radius 3 is 2.70 bits per heavy atom. The number of aryl methyl sites for hydroxylation is 1. The normalized spacial score (nSPS) is 18.5. The molecule has 2 heterocycles. The van der Waals surface area contributed by atoms with E-state index in [1.165, 1.54) is 0 Å². The van der Waals surface area contributed by atoms with Crippen molar-refractivity contribution in [2.45, 2.75) is 13.3 Å². The summed E-state index contributed by atoms with van der Waals surface area (Å²) in [6.07, 6.45) is 0.179. The van der Waals surface area contributed by atoms with Crippen LogP contribution in [0.3, 0.4) is 0 Å². The molecule has 140 valence electrons. The van der Waals surface area contributed by atoms with E-state index in [-0.39, 0.29) is 18.2 Å². The molecule has 1 N–H and O–H groups in total. The van der Waals surface area contributed by atoms with Crippen LogP contribution in [0.5, 0.6) is 11.5 Å². The fourth-order valence-corrected chi connectivity index (χ4v) is 3.63. The maximum atomic E-state index is 12.7. The van der Waals surface area contributed by atoms with Crippen molar-refractivity contribution in [3.63, 3.8) is 0 Å². The zero-order chi connectivity index (χ0) is 19.0. The van der Waals surface area contributed by atoms with E-state index in [1.807, 2.05) is 19.1 Å². The third-order valence-electron chi connectivity index (χ3n) is 4.76. The number of rotatable bonds is 3. The Kier molecular flexibility index (Phi) is 4.66. The van der Waals surface area contributed by atoms with Crippen LogP contribution in [0.25, 0.3) is 0 Å². The quantitative estimate of drug-likeness (QED) is 0.877. The molecule has 6 nitrogen and oxygen atoms in total. The van der Waals surface area contributed by atoms with Gasteiger partial charge in [0.15, 0.2) is 11.5 Å². The molecule has 0 aromatic heterocycles. The molecular weight excluding hydrogens is 368 g/mol. The number of hydrogen-bond acceptors (Lipinski definition) is 4. The first-order valence-corrected chi connectivity index (χ1v) is 9.16. The second-order valence-electron chi connectivity index (χ2n) is 6.68. The van der Waals surface area contributed by atoms with Gasteiger partial charge in [0.2, 0.25) is 11.8 Å². The Hall–Kier alpha value is -2.73. The summed E-state index contributed by atoms with van der Waals surface area (Å²) in [4.78, 5) is 26.8. The minimum Gasteiger partial charge on any atom is -0.486 e. The van der Waals surface area contributed by atoms with Crippen LogP contribution < -0.4 is 19.7 Å². The van der Waals surface area contributed by atoms with Gasteiger partial charge in [-0.2, -0.15) is 0 Å². The number of carbonyl (C=O) groups is 2. The second-order valence-corrected chi connectivity index (χ2v) is 7.12. The first-order chi connectivity index (χ1) is 13.0. The molecule has 0 bridgehead atoms. The number of halogens is 1. The summed E-state index contributed by atoms with van der Waals surface area (Å²) in [5.41, 5.74) is 2.32. The molecule has 2 aliphatic rings. The SMILES string of the molecule is Cc1cc(Cl)ccc1N1CC(C(=O)Nc2ccc3c(c2)OCCO3)CC1=O. The van der Waals surface area contributed by atoms with Crippen LogP contribution >= 0.6 is 11.6 Å². The van der Waals surface area contributed by atoms with Crippen LogP contribution in [0.1, 0.15) is 12.0 Å². The van der Waals surface area contributed by atoms with Gasteiger partial charge in [-0.1, -0.05) is 11.6 Å². The molecule has 1 atom stereocenters. The average molecular weight is 387 g/mol. The molecule has 0 saturated carbocycles. The number of nitrogens with one attached hydrogen (secondary N) is 1. The van der Waals surface area contributed by atoms with Crippen molar-refractivity contribution in [3.8, 4) is 11.5 Å². The molecule has 0 spiro atoms. The third-order valence-corrected chi connectivity index (χ3v) is 4.99. The largest absolute Gasteiger partial charge is 0.486 e. The Bertz CT molecular complexity index is 915. The fraction of sp³-hybridized carbons (Fsp3) is 0.300. The lowest BCUT2D eigenvalue weighted by molar-refractivity contribution is -0.122. The van der Waals surface area contributed by atoms with Crippen LogP contribution in [-0.2, 0) is 9.59 Å². The summed E-state index contributed by atoms with van der Waals surface area (Å²) in [6.45, 7) is 3.24. The van der Waals surface area contributed by atoms with Gasteiger partial charge in [-0.15, -0.1) is 0 Å². The highest BCUT2D eigenvalue weighted by atomic mass is 35.5. The lowest BCUT2D eigenvalue weighted by Gasteiger charge is -2.20. The van der Waals surface area contributed by atoms with Crippen molar-refractivity contribution in [2.75, 3.05) is 30.0 Å². The zero-order valence-corrected chi connectivity index (χ0v) is 15.6. The molecule has 2 aromatic rings. The van der Waals surface area contributed by atoms with Crippen LogP contribution in [0.4, 0.5) is 11.4 Å². The topological polar surface area (TPSA) is 67.9 Å². The number of anilines is 2. The highest BCUT2D eigenvalue weighted by molar-refractivity contribution is 6.30. The third kappa shape index (κ3) is 3.57. The first-order valence-electron chi connectivity index (χ1n) is 8.78. The Morgan fingerprint density at radius 1 is 1.15 bits per heavy atom. The van der Waals surface area contributed by atoms with Crippen LogP contribution in [-0.4, -0.2) is 31.6 Å². The molecule has 1 fully saturated rings. The number of nitrogens with zero attached hydrogens (tertiary/aromatic N) is 1. The highest BCUT2D eigenvalue weighted by Gasteiger charge is 2.35. The maximum absolute atomic E-state index is 12.7. The maximum Gasteiger partial charge on any atom is 0.229 e. The van der Waals surface area contributed by atoms with Crippen LogP contribution in [0.15, 0.2) is 36.4 Å². The smallest absolute Gasteiger partial charge is 0.229 e. The molecule has 1 unspecified atom stereocenters. The predicted octanol–water partition coefficient (Wildman–Crippen LogP) is 3.41. The molecule has 2 amide bonds. The summed E-state index contributed by atoms with van der Waals surface area (Å²) in [7, 11) is 0. The van der Waals surface area contributed by atoms with E-state index in [9.17, 15) is 9.59 Å². The van der Waals surface area contributed by atoms with Crippen molar-refractivity contribution in [1.82, 2.24) is 0 Å². The molecule has 0 aliphatic carbocycles. The van der Waals surface area contributed by atoms with Gasteiger partial charge in [-0.3, -0.25) is 9.59 Å². The van der Waals surface area contributed by atoms with Crippen molar-refractivity contribution >= 4 is 34.8 Å². The molecule has 2 aromatic carbocycles. The number of hydrogen-bond donors (Lipinski definition) is 1. The molecular formula is C20H19ClN2O4. The summed E-state index contributed by atoms with van der Waals surface area (Å²) in [6, 6.07) is 10.7. The summed E-state index contributed by atoms with van der Waals surface area (Å²) in [5, 5.41) is 3.50. The van der Waals surface area contributed by atoms with Gasteiger partial charge < -0.3 is 19.7 Å². The standard InChI is InChI=1S/C20H19ClN2O4/c1-12-8-14(21)2-4-16(12)23-11-13(9-19(23)24)20(25)22-15-3-5-17-18(10-15)27-7-6-26-17/h2-5,8,10,13H,6-7,9,11H2,1H3,(H,22,25). The number of amides is 2. The van der Waals surface area contributed by atoms with Gasteiger partial charge in [0, 0.05) is 35.4 Å². The van der Waals surface area contributed by atoms with Crippen molar-refractivity contribution in [1.29, 1.82) is 0 Å². The Morgan fingerprint density at radius 2 is 1.93 bits per heavy atom. The lowest BCUT2D eigenvalue weighted by Crippen LogP contribution is -2.28. The van der Waals surface area contributed by atoms with Gasteiger partial charge in [-0.25, -0.2) is 0 Å². The van der Waals surface area contributed by atoms with E-state index in [0.29, 0.717) is 42.0 Å². The summed E-state index contributed by atoms with van der Waals surface area (Å²) < 4.78 is 11.0. The van der Waals surface area contributed by atoms with Crippen LogP contribution in [0, 0.1) is 12.8 Å². The van der Waals surface area contributed by atoms with Crippen molar-refractivity contribution in [2.24, 2.45) is 5.92 Å². The average Bonchev–Trinajstić information content (AvgIpc) is 3.03. The van der Waals surface area contributed by atoms with E-state index in [0.717, 1.165) is 11.3 Å². The Balaban J connectivity index is 1.46. The number of fused-ring (bicyclic) bond motifs is 1. The number of ether oxygens (including phenoxy) is 2. The van der Waals surface area contributed by atoms with Crippen molar-refractivity contribution in [3.05, 3.63) is 47.0 Å². The van der Waals surface area contributed by atoms with Gasteiger partial charge in [-0.05, 0) is 42.8 Å². The minimum absolute atomic E-state index is 0.0669. The van der Waals surface area contributed by atoms with Gasteiger partial charge >= 0.3 is 0 Å². The van der Waals surface area contributed by atoms with Gasteiger partial charge in [0.1, 0.15) is 13.2 Å².